The van der Waals surface area contributed by atoms with E-state index >= 15 is 0 Å². The van der Waals surface area contributed by atoms with Crippen molar-refractivity contribution in [2.24, 2.45) is 11.3 Å². The van der Waals surface area contributed by atoms with Crippen molar-refractivity contribution in [1.82, 2.24) is 15.5 Å². The standard InChI is InChI=1S/C25H33N3O6/c1-24(2,3)16-8-11-25(12-9-16)22(31)28(23(32)27-25)14-21(30)34-15-20(29)26-18-10-13-33-19-7-5-4-6-17(18)19/h4-7,16,18H,8-15H2,1-3H3,(H,26,29)(H,27,32)/t16?,18-,25?/m1/s1. The zero-order valence-electron chi connectivity index (χ0n) is 20.0. The van der Waals surface area contributed by atoms with Crippen LogP contribution in [-0.2, 0) is 19.1 Å². The van der Waals surface area contributed by atoms with Crippen LogP contribution in [0.4, 0.5) is 4.79 Å². The molecule has 4 rings (SSSR count). The number of carbonyl (C=O) groups is 4. The topological polar surface area (TPSA) is 114 Å². The average molecular weight is 472 g/mol. The fourth-order valence-electron chi connectivity index (χ4n) is 5.18. The molecule has 9 nitrogen and oxygen atoms in total. The maximum atomic E-state index is 13.0. The number of amides is 4. The van der Waals surface area contributed by atoms with Crippen molar-refractivity contribution in [3.63, 3.8) is 0 Å². The van der Waals surface area contributed by atoms with Crippen molar-refractivity contribution >= 4 is 23.8 Å². The summed E-state index contributed by atoms with van der Waals surface area (Å²) < 4.78 is 10.7. The quantitative estimate of drug-likeness (QED) is 0.504. The Hall–Kier alpha value is -3.10. The zero-order valence-corrected chi connectivity index (χ0v) is 20.0. The van der Waals surface area contributed by atoms with E-state index < -0.39 is 36.6 Å². The molecule has 2 N–H and O–H groups in total. The summed E-state index contributed by atoms with van der Waals surface area (Å²) >= 11 is 0. The molecule has 184 valence electrons. The van der Waals surface area contributed by atoms with E-state index in [2.05, 4.69) is 31.4 Å². The minimum absolute atomic E-state index is 0.143. The summed E-state index contributed by atoms with van der Waals surface area (Å²) in [5.74, 6) is -0.441. The van der Waals surface area contributed by atoms with E-state index in [1.54, 1.807) is 0 Å². The van der Waals surface area contributed by atoms with Crippen molar-refractivity contribution in [3.05, 3.63) is 29.8 Å². The number of imide groups is 1. The first kappa shape index (κ1) is 24.0. The minimum Gasteiger partial charge on any atom is -0.493 e. The second kappa shape index (κ2) is 9.27. The Morgan fingerprint density at radius 2 is 1.88 bits per heavy atom. The minimum atomic E-state index is -0.938. The number of fused-ring (bicyclic) bond motifs is 1. The molecule has 2 heterocycles. The molecule has 0 radical (unpaired) electrons. The van der Waals surface area contributed by atoms with Crippen molar-refractivity contribution in [2.45, 2.75) is 64.5 Å². The number of para-hydroxylation sites is 1. The molecule has 1 aliphatic carbocycles. The van der Waals surface area contributed by atoms with E-state index in [4.69, 9.17) is 9.47 Å². The molecule has 3 aliphatic rings. The molecule has 2 aliphatic heterocycles. The van der Waals surface area contributed by atoms with Crippen LogP contribution >= 0.6 is 0 Å². The van der Waals surface area contributed by atoms with E-state index in [0.717, 1.165) is 29.1 Å². The van der Waals surface area contributed by atoms with Gasteiger partial charge < -0.3 is 20.1 Å². The number of nitrogens with zero attached hydrogens (tertiary/aromatic N) is 1. The smallest absolute Gasteiger partial charge is 0.326 e. The summed E-state index contributed by atoms with van der Waals surface area (Å²) in [6.07, 6.45) is 3.39. The van der Waals surface area contributed by atoms with Crippen LogP contribution in [0.25, 0.3) is 0 Å². The van der Waals surface area contributed by atoms with E-state index in [-0.39, 0.29) is 17.4 Å². The molecule has 0 bridgehead atoms. The Bertz CT molecular complexity index is 977. The molecule has 1 saturated carbocycles. The number of nitrogens with one attached hydrogen (secondary N) is 2. The first-order chi connectivity index (χ1) is 16.1. The summed E-state index contributed by atoms with van der Waals surface area (Å²) in [4.78, 5) is 51.1. The Morgan fingerprint density at radius 1 is 1.18 bits per heavy atom. The van der Waals surface area contributed by atoms with Gasteiger partial charge in [-0.05, 0) is 43.1 Å². The molecule has 4 amide bonds. The van der Waals surface area contributed by atoms with Crippen molar-refractivity contribution < 1.29 is 28.7 Å². The van der Waals surface area contributed by atoms with Crippen LogP contribution in [0.15, 0.2) is 24.3 Å². The normalized spacial score (nSPS) is 26.5. The molecular weight excluding hydrogens is 438 g/mol. The molecule has 0 aromatic heterocycles. The van der Waals surface area contributed by atoms with E-state index in [1.165, 1.54) is 0 Å². The Morgan fingerprint density at radius 3 is 2.59 bits per heavy atom. The third-order valence-corrected chi connectivity index (χ3v) is 7.25. The van der Waals surface area contributed by atoms with Gasteiger partial charge in [-0.15, -0.1) is 0 Å². The van der Waals surface area contributed by atoms with Gasteiger partial charge in [-0.3, -0.25) is 19.3 Å². The average Bonchev–Trinajstić information content (AvgIpc) is 3.01. The Labute approximate surface area is 199 Å². The second-order valence-corrected chi connectivity index (χ2v) is 10.5. The van der Waals surface area contributed by atoms with Crippen molar-refractivity contribution in [1.29, 1.82) is 0 Å². The summed E-state index contributed by atoms with van der Waals surface area (Å²) in [5.41, 5.74) is 0.0797. The first-order valence-corrected chi connectivity index (χ1v) is 11.9. The highest BCUT2D eigenvalue weighted by Gasteiger charge is 2.53. The Kier molecular flexibility index (Phi) is 6.55. The molecule has 9 heteroatoms. The predicted octanol–water partition coefficient (Wildman–Crippen LogP) is 2.70. The number of urea groups is 1. The molecule has 2 fully saturated rings. The van der Waals surface area contributed by atoms with Crippen LogP contribution in [0.2, 0.25) is 0 Å². The highest BCUT2D eigenvalue weighted by atomic mass is 16.5. The molecule has 1 spiro atoms. The van der Waals surface area contributed by atoms with Gasteiger partial charge in [0.05, 0.1) is 12.6 Å². The highest BCUT2D eigenvalue weighted by molar-refractivity contribution is 6.08. The number of hydrogen-bond acceptors (Lipinski definition) is 6. The lowest BCUT2D eigenvalue weighted by Crippen LogP contribution is -2.50. The van der Waals surface area contributed by atoms with Gasteiger partial charge in [0.1, 0.15) is 17.8 Å². The van der Waals surface area contributed by atoms with Gasteiger partial charge in [-0.1, -0.05) is 39.0 Å². The van der Waals surface area contributed by atoms with Gasteiger partial charge in [0.25, 0.3) is 11.8 Å². The lowest BCUT2D eigenvalue weighted by molar-refractivity contribution is -0.151. The monoisotopic (exact) mass is 471 g/mol. The van der Waals surface area contributed by atoms with Crippen molar-refractivity contribution in [3.8, 4) is 5.75 Å². The maximum absolute atomic E-state index is 13.0. The van der Waals surface area contributed by atoms with Crippen LogP contribution in [0.1, 0.15) is 64.5 Å². The van der Waals surface area contributed by atoms with Crippen molar-refractivity contribution in [2.75, 3.05) is 19.8 Å². The largest absolute Gasteiger partial charge is 0.493 e. The molecule has 1 aromatic carbocycles. The van der Waals surface area contributed by atoms with Crippen LogP contribution in [-0.4, -0.2) is 54.0 Å². The zero-order chi connectivity index (χ0) is 24.5. The molecule has 1 saturated heterocycles. The molecule has 1 atom stereocenters. The number of esters is 1. The number of rotatable bonds is 5. The van der Waals surface area contributed by atoms with Gasteiger partial charge in [0.15, 0.2) is 6.61 Å². The lowest BCUT2D eigenvalue weighted by atomic mass is 9.67. The third-order valence-electron chi connectivity index (χ3n) is 7.25. The van der Waals surface area contributed by atoms with Crippen LogP contribution in [0, 0.1) is 11.3 Å². The lowest BCUT2D eigenvalue weighted by Gasteiger charge is -2.40. The van der Waals surface area contributed by atoms with Gasteiger partial charge in [0, 0.05) is 12.0 Å². The predicted molar refractivity (Wildman–Crippen MR) is 123 cm³/mol. The number of carbonyl (C=O) groups excluding carboxylic acids is 4. The third kappa shape index (κ3) is 4.88. The van der Waals surface area contributed by atoms with Crippen LogP contribution in [0.5, 0.6) is 5.75 Å². The molecule has 1 aromatic rings. The van der Waals surface area contributed by atoms with Gasteiger partial charge in [-0.2, -0.15) is 0 Å². The van der Waals surface area contributed by atoms with Crippen LogP contribution < -0.4 is 15.4 Å². The molecule has 0 unspecified atom stereocenters. The van der Waals surface area contributed by atoms with E-state index in [1.807, 2.05) is 24.3 Å². The maximum Gasteiger partial charge on any atom is 0.326 e. The van der Waals surface area contributed by atoms with Crippen LogP contribution in [0.3, 0.4) is 0 Å². The summed E-state index contributed by atoms with van der Waals surface area (Å²) in [5, 5.41) is 5.66. The number of benzene rings is 1. The van der Waals surface area contributed by atoms with E-state index in [9.17, 15) is 19.2 Å². The fourth-order valence-corrected chi connectivity index (χ4v) is 5.18. The first-order valence-electron chi connectivity index (χ1n) is 11.9. The van der Waals surface area contributed by atoms with Gasteiger partial charge in [0.2, 0.25) is 0 Å². The second-order valence-electron chi connectivity index (χ2n) is 10.5. The van der Waals surface area contributed by atoms with Gasteiger partial charge in [-0.25, -0.2) is 4.79 Å². The van der Waals surface area contributed by atoms with Gasteiger partial charge >= 0.3 is 12.0 Å². The summed E-state index contributed by atoms with van der Waals surface area (Å²) in [6.45, 7) is 6.03. The highest BCUT2D eigenvalue weighted by Crippen LogP contribution is 2.43. The Balaban J connectivity index is 1.27. The fraction of sp³-hybridized carbons (Fsp3) is 0.600. The molecule has 34 heavy (non-hydrogen) atoms. The van der Waals surface area contributed by atoms with E-state index in [0.29, 0.717) is 31.8 Å². The number of hydrogen-bond donors (Lipinski definition) is 2. The molecular formula is C25H33N3O6. The summed E-state index contributed by atoms with van der Waals surface area (Å²) in [7, 11) is 0. The number of ether oxygens (including phenoxy) is 2. The SMILES string of the molecule is CC(C)(C)C1CCC2(CC1)NC(=O)N(CC(=O)OCC(=O)N[C@@H]1CCOc3ccccc31)C2=O. The summed E-state index contributed by atoms with van der Waals surface area (Å²) in [6, 6.07) is 6.64.